The quantitative estimate of drug-likeness (QED) is 0.737. The molecule has 0 bridgehead atoms. The summed E-state index contributed by atoms with van der Waals surface area (Å²) in [5.41, 5.74) is 5.79. The third-order valence-electron chi connectivity index (χ3n) is 4.89. The monoisotopic (exact) mass is 321 g/mol. The summed E-state index contributed by atoms with van der Waals surface area (Å²) >= 11 is 0. The van der Waals surface area contributed by atoms with Crippen molar-refractivity contribution in [2.45, 2.75) is 19.9 Å². The number of hydrogen-bond acceptors (Lipinski definition) is 3. The summed E-state index contributed by atoms with van der Waals surface area (Å²) < 4.78 is 7.62. The second-order valence-corrected chi connectivity index (χ2v) is 6.47. The average molecular weight is 321 g/mol. The summed E-state index contributed by atoms with van der Waals surface area (Å²) in [7, 11) is 0. The standard InChI is InChI=1S/C20H23N3O/c1-15-14-23-19(4-3-5-20(23)21-15)18-8-6-17(7-9-18)16(2)22-10-12-24-13-11-22/h3-9,14,16H,10-13H2,1-2H3/t16-/m1/s1. The van der Waals surface area contributed by atoms with Gasteiger partial charge in [-0.2, -0.15) is 0 Å². The lowest BCUT2D eigenvalue weighted by Gasteiger charge is -2.32. The Balaban J connectivity index is 1.63. The molecule has 0 radical (unpaired) electrons. The fourth-order valence-electron chi connectivity index (χ4n) is 3.48. The van der Waals surface area contributed by atoms with Crippen LogP contribution in [0.1, 0.15) is 24.2 Å². The summed E-state index contributed by atoms with van der Waals surface area (Å²) in [6.07, 6.45) is 2.09. The minimum Gasteiger partial charge on any atom is -0.379 e. The number of fused-ring (bicyclic) bond motifs is 1. The molecule has 124 valence electrons. The minimum atomic E-state index is 0.425. The van der Waals surface area contributed by atoms with Gasteiger partial charge >= 0.3 is 0 Å². The van der Waals surface area contributed by atoms with E-state index in [1.807, 2.05) is 13.0 Å². The Morgan fingerprint density at radius 1 is 1.04 bits per heavy atom. The van der Waals surface area contributed by atoms with Gasteiger partial charge in [0.05, 0.1) is 24.6 Å². The average Bonchev–Trinajstić information content (AvgIpc) is 3.02. The van der Waals surface area contributed by atoms with Gasteiger partial charge in [0, 0.05) is 25.3 Å². The fourth-order valence-corrected chi connectivity index (χ4v) is 3.48. The van der Waals surface area contributed by atoms with E-state index in [1.54, 1.807) is 0 Å². The molecular weight excluding hydrogens is 298 g/mol. The largest absolute Gasteiger partial charge is 0.379 e. The number of rotatable bonds is 3. The molecule has 0 amide bonds. The van der Waals surface area contributed by atoms with Gasteiger partial charge in [-0.15, -0.1) is 0 Å². The molecule has 2 aromatic heterocycles. The van der Waals surface area contributed by atoms with Crippen LogP contribution >= 0.6 is 0 Å². The third kappa shape index (κ3) is 2.83. The lowest BCUT2D eigenvalue weighted by molar-refractivity contribution is 0.0198. The zero-order valence-corrected chi connectivity index (χ0v) is 14.3. The highest BCUT2D eigenvalue weighted by molar-refractivity contribution is 5.64. The van der Waals surface area contributed by atoms with Gasteiger partial charge in [-0.25, -0.2) is 4.98 Å². The summed E-state index contributed by atoms with van der Waals surface area (Å²) in [5.74, 6) is 0. The van der Waals surface area contributed by atoms with E-state index in [9.17, 15) is 0 Å². The van der Waals surface area contributed by atoms with Crippen molar-refractivity contribution in [1.82, 2.24) is 14.3 Å². The first-order valence-corrected chi connectivity index (χ1v) is 8.59. The van der Waals surface area contributed by atoms with Crippen LogP contribution in [0.3, 0.4) is 0 Å². The van der Waals surface area contributed by atoms with Gasteiger partial charge in [0.15, 0.2) is 0 Å². The molecular formula is C20H23N3O. The van der Waals surface area contributed by atoms with Crippen LogP contribution in [0.4, 0.5) is 0 Å². The topological polar surface area (TPSA) is 29.8 Å². The van der Waals surface area contributed by atoms with Crippen molar-refractivity contribution in [1.29, 1.82) is 0 Å². The SMILES string of the molecule is Cc1cn2c(-c3ccc([C@@H](C)N4CCOCC4)cc3)cccc2n1. The Bertz CT molecular complexity index is 832. The molecule has 4 nitrogen and oxygen atoms in total. The number of aryl methyl sites for hydroxylation is 1. The summed E-state index contributed by atoms with van der Waals surface area (Å²) in [4.78, 5) is 7.04. The van der Waals surface area contributed by atoms with Crippen LogP contribution in [-0.4, -0.2) is 40.6 Å². The summed E-state index contributed by atoms with van der Waals surface area (Å²) in [6, 6.07) is 15.6. The van der Waals surface area contributed by atoms with Crippen molar-refractivity contribution in [3.63, 3.8) is 0 Å². The molecule has 0 unspecified atom stereocenters. The Morgan fingerprint density at radius 2 is 1.79 bits per heavy atom. The van der Waals surface area contributed by atoms with E-state index in [0.717, 1.165) is 37.6 Å². The lowest BCUT2D eigenvalue weighted by atomic mass is 10.0. The number of ether oxygens (including phenoxy) is 1. The Labute approximate surface area is 142 Å². The summed E-state index contributed by atoms with van der Waals surface area (Å²) in [6.45, 7) is 8.01. The Morgan fingerprint density at radius 3 is 2.54 bits per heavy atom. The maximum atomic E-state index is 5.46. The van der Waals surface area contributed by atoms with Crippen LogP contribution in [0.5, 0.6) is 0 Å². The second kappa shape index (κ2) is 6.38. The first-order chi connectivity index (χ1) is 11.7. The van der Waals surface area contributed by atoms with Crippen LogP contribution < -0.4 is 0 Å². The summed E-state index contributed by atoms with van der Waals surface area (Å²) in [5, 5.41) is 0. The number of imidazole rings is 1. The molecule has 1 fully saturated rings. The molecule has 0 saturated carbocycles. The molecule has 4 rings (SSSR count). The van der Waals surface area contributed by atoms with Crippen molar-refractivity contribution >= 4 is 5.65 Å². The minimum absolute atomic E-state index is 0.425. The van der Waals surface area contributed by atoms with Crippen LogP contribution in [0, 0.1) is 6.92 Å². The number of hydrogen-bond donors (Lipinski definition) is 0. The van der Waals surface area contributed by atoms with Gasteiger partial charge in [0.25, 0.3) is 0 Å². The number of aromatic nitrogens is 2. The van der Waals surface area contributed by atoms with Crippen LogP contribution in [0.2, 0.25) is 0 Å². The number of benzene rings is 1. The van der Waals surface area contributed by atoms with Crippen LogP contribution in [0.25, 0.3) is 16.9 Å². The van der Waals surface area contributed by atoms with E-state index < -0.39 is 0 Å². The molecule has 1 atom stereocenters. The van der Waals surface area contributed by atoms with Gasteiger partial charge < -0.3 is 4.74 Å². The van der Waals surface area contributed by atoms with Crippen molar-refractivity contribution in [2.75, 3.05) is 26.3 Å². The molecule has 3 heterocycles. The molecule has 1 saturated heterocycles. The van der Waals surface area contributed by atoms with Gasteiger partial charge in [-0.1, -0.05) is 30.3 Å². The van der Waals surface area contributed by atoms with E-state index in [-0.39, 0.29) is 0 Å². The maximum absolute atomic E-state index is 5.46. The predicted octanol–water partition coefficient (Wildman–Crippen LogP) is 3.70. The van der Waals surface area contributed by atoms with E-state index in [4.69, 9.17) is 4.74 Å². The highest BCUT2D eigenvalue weighted by atomic mass is 16.5. The van der Waals surface area contributed by atoms with Crippen LogP contribution in [0.15, 0.2) is 48.7 Å². The zero-order chi connectivity index (χ0) is 16.5. The maximum Gasteiger partial charge on any atom is 0.137 e. The second-order valence-electron chi connectivity index (χ2n) is 6.47. The van der Waals surface area contributed by atoms with Gasteiger partial charge in [-0.05, 0) is 37.1 Å². The molecule has 0 spiro atoms. The molecule has 1 aromatic carbocycles. The van der Waals surface area contributed by atoms with Gasteiger partial charge in [0.1, 0.15) is 5.65 Å². The van der Waals surface area contributed by atoms with E-state index in [0.29, 0.717) is 6.04 Å². The number of nitrogens with zero attached hydrogens (tertiary/aromatic N) is 3. The molecule has 0 N–H and O–H groups in total. The Hall–Kier alpha value is -2.17. The predicted molar refractivity (Wildman–Crippen MR) is 96.2 cm³/mol. The first kappa shape index (κ1) is 15.4. The van der Waals surface area contributed by atoms with Gasteiger partial charge in [0.2, 0.25) is 0 Å². The highest BCUT2D eigenvalue weighted by Crippen LogP contribution is 2.26. The number of pyridine rings is 1. The van der Waals surface area contributed by atoms with E-state index in [2.05, 4.69) is 63.8 Å². The molecule has 1 aliphatic rings. The normalized spacial score (nSPS) is 17.2. The molecule has 1 aliphatic heterocycles. The first-order valence-electron chi connectivity index (χ1n) is 8.59. The molecule has 3 aromatic rings. The smallest absolute Gasteiger partial charge is 0.137 e. The number of morpholine rings is 1. The van der Waals surface area contributed by atoms with Crippen molar-refractivity contribution < 1.29 is 4.74 Å². The third-order valence-corrected chi connectivity index (χ3v) is 4.89. The molecule has 0 aliphatic carbocycles. The molecule has 4 heteroatoms. The van der Waals surface area contributed by atoms with Crippen molar-refractivity contribution in [2.24, 2.45) is 0 Å². The molecule has 24 heavy (non-hydrogen) atoms. The van der Waals surface area contributed by atoms with E-state index in [1.165, 1.54) is 16.8 Å². The lowest BCUT2D eigenvalue weighted by Crippen LogP contribution is -2.37. The zero-order valence-electron chi connectivity index (χ0n) is 14.3. The van der Waals surface area contributed by atoms with E-state index >= 15 is 0 Å². The Kier molecular flexibility index (Phi) is 4.08. The van der Waals surface area contributed by atoms with Crippen molar-refractivity contribution in [3.8, 4) is 11.3 Å². The highest BCUT2D eigenvalue weighted by Gasteiger charge is 2.18. The van der Waals surface area contributed by atoms with Gasteiger partial charge in [-0.3, -0.25) is 9.30 Å². The van der Waals surface area contributed by atoms with Crippen molar-refractivity contribution in [3.05, 3.63) is 59.9 Å². The fraction of sp³-hybridized carbons (Fsp3) is 0.350. The van der Waals surface area contributed by atoms with Crippen LogP contribution in [-0.2, 0) is 4.74 Å².